The molecule has 0 heterocycles. The molecule has 2 N–H and O–H groups in total. The maximum atomic E-state index is 12.0. The van der Waals surface area contributed by atoms with Crippen molar-refractivity contribution in [3.05, 3.63) is 0 Å². The topological polar surface area (TPSA) is 75.6 Å². The number of rotatable bonds is 5. The smallest absolute Gasteiger partial charge is 0.310 e. The van der Waals surface area contributed by atoms with Gasteiger partial charge < -0.3 is 5.11 Å². The van der Waals surface area contributed by atoms with E-state index in [2.05, 4.69) is 5.48 Å². The Labute approximate surface area is 120 Å². The van der Waals surface area contributed by atoms with Crippen LogP contribution in [0.25, 0.3) is 0 Å². The first kappa shape index (κ1) is 15.3. The molecule has 2 rings (SSSR count). The summed E-state index contributed by atoms with van der Waals surface area (Å²) in [5, 5.41) is 9.52. The van der Waals surface area contributed by atoms with E-state index in [9.17, 15) is 14.7 Å². The van der Waals surface area contributed by atoms with E-state index in [1.54, 1.807) is 0 Å². The van der Waals surface area contributed by atoms with E-state index in [0.717, 1.165) is 51.4 Å². The van der Waals surface area contributed by atoms with Crippen LogP contribution in [0.2, 0.25) is 0 Å². The van der Waals surface area contributed by atoms with E-state index in [4.69, 9.17) is 4.84 Å². The van der Waals surface area contributed by atoms with Crippen LogP contribution in [0, 0.1) is 5.41 Å². The maximum Gasteiger partial charge on any atom is 0.310 e. The van der Waals surface area contributed by atoms with Crippen LogP contribution < -0.4 is 5.48 Å². The fourth-order valence-electron chi connectivity index (χ4n) is 3.37. The fraction of sp³-hybridized carbons (Fsp3) is 0.867. The van der Waals surface area contributed by atoms with Crippen molar-refractivity contribution in [2.24, 2.45) is 5.41 Å². The van der Waals surface area contributed by atoms with Crippen molar-refractivity contribution >= 4 is 11.9 Å². The summed E-state index contributed by atoms with van der Waals surface area (Å²) in [7, 11) is 0. The summed E-state index contributed by atoms with van der Waals surface area (Å²) in [5.74, 6) is -1.13. The normalized spacial score (nSPS) is 23.2. The van der Waals surface area contributed by atoms with Crippen LogP contribution in [0.4, 0.5) is 0 Å². The number of hydrogen-bond donors (Lipinski definition) is 2. The molecular formula is C15H25NO4. The highest BCUT2D eigenvalue weighted by Crippen LogP contribution is 2.38. The highest BCUT2D eigenvalue weighted by molar-refractivity contribution is 5.84. The molecule has 0 saturated heterocycles. The van der Waals surface area contributed by atoms with E-state index < -0.39 is 11.4 Å². The first-order chi connectivity index (χ1) is 9.62. The molecule has 2 fully saturated rings. The molecule has 0 aliphatic heterocycles. The summed E-state index contributed by atoms with van der Waals surface area (Å²) in [4.78, 5) is 29.0. The molecule has 0 radical (unpaired) electrons. The van der Waals surface area contributed by atoms with Crippen LogP contribution in [0.15, 0.2) is 0 Å². The Morgan fingerprint density at radius 2 is 1.65 bits per heavy atom. The molecule has 2 saturated carbocycles. The molecule has 0 bridgehead atoms. The van der Waals surface area contributed by atoms with Gasteiger partial charge in [-0.05, 0) is 25.7 Å². The summed E-state index contributed by atoms with van der Waals surface area (Å²) >= 11 is 0. The second-order valence-electron chi connectivity index (χ2n) is 6.23. The number of nitrogens with one attached hydrogen (secondary N) is 1. The molecule has 1 amide bonds. The molecule has 5 nitrogen and oxygen atoms in total. The highest BCUT2D eigenvalue weighted by atomic mass is 16.7. The SMILES string of the molecule is O=C(CC1(C(=O)O)CCCCCC1)NOC1CCCC1. The number of amides is 1. The minimum absolute atomic E-state index is 0.0368. The van der Waals surface area contributed by atoms with Crippen LogP contribution >= 0.6 is 0 Å². The molecule has 20 heavy (non-hydrogen) atoms. The summed E-state index contributed by atoms with van der Waals surface area (Å²) in [6.45, 7) is 0. The van der Waals surface area contributed by atoms with Gasteiger partial charge in [0.05, 0.1) is 11.5 Å². The maximum absolute atomic E-state index is 12.0. The number of carbonyl (C=O) groups is 2. The average Bonchev–Trinajstić information content (AvgIpc) is 2.82. The van der Waals surface area contributed by atoms with Gasteiger partial charge in [-0.1, -0.05) is 38.5 Å². The Morgan fingerprint density at radius 3 is 2.20 bits per heavy atom. The molecule has 0 atom stereocenters. The van der Waals surface area contributed by atoms with Gasteiger partial charge in [0, 0.05) is 6.42 Å². The third-order valence-electron chi connectivity index (χ3n) is 4.65. The van der Waals surface area contributed by atoms with Crippen LogP contribution in [-0.2, 0) is 14.4 Å². The zero-order valence-electron chi connectivity index (χ0n) is 12.0. The third-order valence-corrected chi connectivity index (χ3v) is 4.65. The van der Waals surface area contributed by atoms with Gasteiger partial charge in [-0.2, -0.15) is 0 Å². The monoisotopic (exact) mass is 283 g/mol. The van der Waals surface area contributed by atoms with Crippen LogP contribution in [0.1, 0.15) is 70.6 Å². The second-order valence-corrected chi connectivity index (χ2v) is 6.23. The number of hydrogen-bond acceptors (Lipinski definition) is 3. The lowest BCUT2D eigenvalue weighted by molar-refractivity contribution is -0.156. The predicted octanol–water partition coefficient (Wildman–Crippen LogP) is 2.79. The zero-order chi connectivity index (χ0) is 14.4. The molecular weight excluding hydrogens is 258 g/mol. The van der Waals surface area contributed by atoms with E-state index in [0.29, 0.717) is 12.8 Å². The molecule has 0 aromatic heterocycles. The number of carbonyl (C=O) groups excluding carboxylic acids is 1. The summed E-state index contributed by atoms with van der Waals surface area (Å²) < 4.78 is 0. The number of hydroxylamine groups is 1. The Kier molecular flexibility index (Phi) is 5.40. The van der Waals surface area contributed by atoms with Crippen molar-refractivity contribution in [2.75, 3.05) is 0 Å². The summed E-state index contributed by atoms with van der Waals surface area (Å²) in [5.41, 5.74) is 1.58. The predicted molar refractivity (Wildman–Crippen MR) is 73.9 cm³/mol. The summed E-state index contributed by atoms with van der Waals surface area (Å²) in [6.07, 6.45) is 9.48. The van der Waals surface area contributed by atoms with Crippen LogP contribution in [0.5, 0.6) is 0 Å². The molecule has 2 aliphatic rings. The molecule has 0 spiro atoms. The van der Waals surface area contributed by atoms with E-state index in [-0.39, 0.29) is 18.4 Å². The Bertz CT molecular complexity index is 342. The number of carboxylic acid groups (broad SMARTS) is 1. The van der Waals surface area contributed by atoms with Gasteiger partial charge in [0.2, 0.25) is 5.91 Å². The summed E-state index contributed by atoms with van der Waals surface area (Å²) in [6, 6.07) is 0. The van der Waals surface area contributed by atoms with Crippen molar-refractivity contribution in [1.82, 2.24) is 5.48 Å². The van der Waals surface area contributed by atoms with Gasteiger partial charge in [0.25, 0.3) is 0 Å². The quantitative estimate of drug-likeness (QED) is 0.601. The van der Waals surface area contributed by atoms with Gasteiger partial charge in [0.15, 0.2) is 0 Å². The largest absolute Gasteiger partial charge is 0.481 e. The fourth-order valence-corrected chi connectivity index (χ4v) is 3.37. The Morgan fingerprint density at radius 1 is 1.05 bits per heavy atom. The highest BCUT2D eigenvalue weighted by Gasteiger charge is 2.40. The van der Waals surface area contributed by atoms with Crippen molar-refractivity contribution in [1.29, 1.82) is 0 Å². The molecule has 5 heteroatoms. The van der Waals surface area contributed by atoms with Crippen molar-refractivity contribution in [3.63, 3.8) is 0 Å². The van der Waals surface area contributed by atoms with Gasteiger partial charge >= 0.3 is 5.97 Å². The number of carboxylic acids is 1. The van der Waals surface area contributed by atoms with E-state index in [1.807, 2.05) is 0 Å². The second kappa shape index (κ2) is 7.07. The zero-order valence-corrected chi connectivity index (χ0v) is 12.0. The molecule has 0 unspecified atom stereocenters. The molecule has 2 aliphatic carbocycles. The van der Waals surface area contributed by atoms with Gasteiger partial charge in [-0.3, -0.25) is 14.4 Å². The third kappa shape index (κ3) is 3.95. The minimum Gasteiger partial charge on any atom is -0.481 e. The lowest BCUT2D eigenvalue weighted by Crippen LogP contribution is -2.38. The Balaban J connectivity index is 1.86. The molecule has 0 aromatic carbocycles. The van der Waals surface area contributed by atoms with E-state index >= 15 is 0 Å². The van der Waals surface area contributed by atoms with Gasteiger partial charge in [-0.15, -0.1) is 0 Å². The molecule has 114 valence electrons. The minimum atomic E-state index is -0.889. The standard InChI is InChI=1S/C15H25NO4/c17-13(16-20-12-7-3-4-8-12)11-15(14(18)19)9-5-1-2-6-10-15/h12H,1-11H2,(H,16,17)(H,18,19). The van der Waals surface area contributed by atoms with Crippen LogP contribution in [0.3, 0.4) is 0 Å². The van der Waals surface area contributed by atoms with Crippen molar-refractivity contribution < 1.29 is 19.5 Å². The molecule has 0 aromatic rings. The first-order valence-corrected chi connectivity index (χ1v) is 7.80. The average molecular weight is 283 g/mol. The van der Waals surface area contributed by atoms with Gasteiger partial charge in [-0.25, -0.2) is 5.48 Å². The van der Waals surface area contributed by atoms with Gasteiger partial charge in [0.1, 0.15) is 0 Å². The van der Waals surface area contributed by atoms with Crippen LogP contribution in [-0.4, -0.2) is 23.1 Å². The lowest BCUT2D eigenvalue weighted by atomic mass is 9.77. The number of aliphatic carboxylic acids is 1. The van der Waals surface area contributed by atoms with E-state index in [1.165, 1.54) is 0 Å². The Hall–Kier alpha value is -1.10. The lowest BCUT2D eigenvalue weighted by Gasteiger charge is -2.27. The van der Waals surface area contributed by atoms with Crippen molar-refractivity contribution in [2.45, 2.75) is 76.7 Å². The first-order valence-electron chi connectivity index (χ1n) is 7.80. The van der Waals surface area contributed by atoms with Crippen molar-refractivity contribution in [3.8, 4) is 0 Å².